The minimum atomic E-state index is -3.12. The topological polar surface area (TPSA) is 54.4 Å². The molecule has 0 aromatic heterocycles. The monoisotopic (exact) mass is 154 g/mol. The molecular weight excluding hydrogens is 140 g/mol. The highest BCUT2D eigenvalue weighted by Crippen LogP contribution is 1.88. The average Bonchev–Trinajstić information content (AvgIpc) is 1.66. The van der Waals surface area contributed by atoms with E-state index in [0.29, 0.717) is 0 Å². The van der Waals surface area contributed by atoms with Crippen LogP contribution < -0.4 is 0 Å². The molecule has 0 aliphatic rings. The van der Waals surface area contributed by atoms with Crippen molar-refractivity contribution in [3.63, 3.8) is 0 Å². The molecule has 0 heterocycles. The first-order chi connectivity index (χ1) is 4.15. The Hall–Kier alpha value is -0.0900. The van der Waals surface area contributed by atoms with Crippen molar-refractivity contribution in [3.8, 4) is 0 Å². The lowest BCUT2D eigenvalue weighted by atomic mass is 10.3. The minimum absolute atomic E-state index is 1.34. The summed E-state index contributed by atoms with van der Waals surface area (Å²) in [5, 5.41) is 0. The maximum Gasteiger partial charge on any atom is 0.254 e. The molecule has 0 aliphatic heterocycles. The molecule has 9 heavy (non-hydrogen) atoms. The molecule has 3 nitrogen and oxygen atoms in total. The van der Waals surface area contributed by atoms with Gasteiger partial charge in [-0.1, -0.05) is 33.1 Å². The van der Waals surface area contributed by atoms with E-state index in [1.54, 1.807) is 0 Å². The Morgan fingerprint density at radius 1 is 1.22 bits per heavy atom. The molecular formula is C5H14O3S. The quantitative estimate of drug-likeness (QED) is 0.465. The van der Waals surface area contributed by atoms with E-state index in [1.807, 2.05) is 0 Å². The average molecular weight is 154 g/mol. The fourth-order valence-corrected chi connectivity index (χ4v) is 0.354. The Morgan fingerprint density at radius 2 is 1.44 bits per heavy atom. The van der Waals surface area contributed by atoms with Crippen LogP contribution in [0.15, 0.2) is 0 Å². The predicted octanol–water partition coefficient (Wildman–Crippen LogP) is 1.27. The van der Waals surface area contributed by atoms with Gasteiger partial charge in [0.2, 0.25) is 0 Å². The highest BCUT2D eigenvalue weighted by atomic mass is 32.2. The van der Waals surface area contributed by atoms with Gasteiger partial charge in [-0.05, 0) is 0 Å². The van der Waals surface area contributed by atoms with Gasteiger partial charge in [0.05, 0.1) is 0 Å². The van der Waals surface area contributed by atoms with E-state index >= 15 is 0 Å². The molecule has 58 valence electrons. The van der Waals surface area contributed by atoms with Gasteiger partial charge >= 0.3 is 0 Å². The van der Waals surface area contributed by atoms with Crippen molar-refractivity contribution in [1.29, 1.82) is 0 Å². The van der Waals surface area contributed by atoms with Crippen LogP contribution in [0.4, 0.5) is 0 Å². The molecule has 0 fully saturated rings. The van der Waals surface area contributed by atoms with Gasteiger partial charge in [0.15, 0.2) is 0 Å². The summed E-state index contributed by atoms with van der Waals surface area (Å²) in [6.07, 6.45) is 4.08. The van der Waals surface area contributed by atoms with Crippen LogP contribution in [0, 0.1) is 0 Å². The van der Waals surface area contributed by atoms with Crippen molar-refractivity contribution >= 4 is 11.0 Å². The summed E-state index contributed by atoms with van der Waals surface area (Å²) in [4.78, 5) is 0. The summed E-state index contributed by atoms with van der Waals surface area (Å²) in [5.74, 6) is 0. The summed E-state index contributed by atoms with van der Waals surface area (Å²) in [5.41, 5.74) is 0. The molecule has 0 saturated carbocycles. The van der Waals surface area contributed by atoms with E-state index in [-0.39, 0.29) is 0 Å². The summed E-state index contributed by atoms with van der Waals surface area (Å²) in [7, 11) is -3.12. The van der Waals surface area contributed by atoms with Gasteiger partial charge in [-0.2, -0.15) is 0 Å². The third-order valence-electron chi connectivity index (χ3n) is 0.707. The van der Waals surface area contributed by atoms with Gasteiger partial charge < -0.3 is 0 Å². The van der Waals surface area contributed by atoms with Crippen LogP contribution >= 0.6 is 0 Å². The molecule has 4 heteroatoms. The van der Waals surface area contributed by atoms with Gasteiger partial charge in [0, 0.05) is 0 Å². The summed E-state index contributed by atoms with van der Waals surface area (Å²) in [6, 6.07) is 0. The van der Waals surface area contributed by atoms with Gasteiger partial charge in [-0.15, -0.1) is 0 Å². The number of hydrogen-bond acceptors (Lipinski definition) is 2. The van der Waals surface area contributed by atoms with E-state index in [0.717, 1.165) is 0 Å². The van der Waals surface area contributed by atoms with Gasteiger partial charge in [-0.3, -0.25) is 4.55 Å². The van der Waals surface area contributed by atoms with Crippen molar-refractivity contribution in [1.82, 2.24) is 0 Å². The Balaban J connectivity index is 0. The van der Waals surface area contributed by atoms with Crippen molar-refractivity contribution < 1.29 is 13.0 Å². The minimum Gasteiger partial charge on any atom is -0.288 e. The zero-order chi connectivity index (χ0) is 7.70. The molecule has 1 N–H and O–H groups in total. The van der Waals surface area contributed by atoms with E-state index in [1.165, 1.54) is 19.3 Å². The lowest BCUT2D eigenvalue weighted by Crippen LogP contribution is -1.59. The smallest absolute Gasteiger partial charge is 0.254 e. The third-order valence-corrected chi connectivity index (χ3v) is 0.707. The summed E-state index contributed by atoms with van der Waals surface area (Å²) in [6.45, 7) is 4.42. The maximum absolute atomic E-state index is 8.59. The molecule has 0 rings (SSSR count). The van der Waals surface area contributed by atoms with Crippen LogP contribution in [-0.4, -0.2) is 13.0 Å². The number of hydrogen-bond donors (Lipinski definition) is 2. The van der Waals surface area contributed by atoms with E-state index in [2.05, 4.69) is 13.8 Å². The molecule has 0 bridgehead atoms. The molecule has 0 radical (unpaired) electrons. The SMILES string of the molecule is CCCCC.O=[SH](=O)O. The Kier molecular flexibility index (Phi) is 14.0. The Morgan fingerprint density at radius 3 is 1.44 bits per heavy atom. The fraction of sp³-hybridized carbons (Fsp3) is 1.00. The van der Waals surface area contributed by atoms with Crippen molar-refractivity contribution in [3.05, 3.63) is 0 Å². The number of thiol groups is 1. The van der Waals surface area contributed by atoms with E-state index in [9.17, 15) is 0 Å². The third kappa shape index (κ3) is 75.7. The fourth-order valence-electron chi connectivity index (χ4n) is 0.354. The first-order valence-corrected chi connectivity index (χ1v) is 4.11. The maximum atomic E-state index is 8.59. The second-order valence-electron chi connectivity index (χ2n) is 1.59. The van der Waals surface area contributed by atoms with Crippen molar-refractivity contribution in [2.24, 2.45) is 0 Å². The first-order valence-electron chi connectivity index (χ1n) is 2.98. The molecule has 0 aromatic carbocycles. The van der Waals surface area contributed by atoms with Crippen LogP contribution in [0.2, 0.25) is 0 Å². The number of unbranched alkanes of at least 4 members (excludes halogenated alkanes) is 2. The standard InChI is InChI=1S/C5H12.H2O3S/c1-3-5-4-2;1-4(2)3/h3-5H2,1-2H3;4H,(H,1,2,3). The molecule has 0 unspecified atom stereocenters. The lowest BCUT2D eigenvalue weighted by molar-refractivity contribution is 0.509. The van der Waals surface area contributed by atoms with Crippen molar-refractivity contribution in [2.75, 3.05) is 0 Å². The molecule has 0 amide bonds. The molecule has 0 aliphatic carbocycles. The lowest BCUT2D eigenvalue weighted by Gasteiger charge is -1.79. The first kappa shape index (κ1) is 11.7. The largest absolute Gasteiger partial charge is 0.288 e. The van der Waals surface area contributed by atoms with Crippen LogP contribution in [0.1, 0.15) is 33.1 Å². The van der Waals surface area contributed by atoms with Gasteiger partial charge in [-0.25, -0.2) is 8.42 Å². The zero-order valence-electron chi connectivity index (χ0n) is 5.83. The Labute approximate surface area is 57.9 Å². The van der Waals surface area contributed by atoms with E-state index < -0.39 is 11.0 Å². The predicted molar refractivity (Wildman–Crippen MR) is 38.1 cm³/mol. The van der Waals surface area contributed by atoms with Crippen LogP contribution in [0.5, 0.6) is 0 Å². The normalized spacial score (nSPS) is 8.44. The van der Waals surface area contributed by atoms with Crippen molar-refractivity contribution in [2.45, 2.75) is 33.1 Å². The van der Waals surface area contributed by atoms with Gasteiger partial charge in [0.25, 0.3) is 11.0 Å². The van der Waals surface area contributed by atoms with Gasteiger partial charge in [0.1, 0.15) is 0 Å². The van der Waals surface area contributed by atoms with Crippen LogP contribution in [0.3, 0.4) is 0 Å². The highest BCUT2D eigenvalue weighted by Gasteiger charge is 1.68. The zero-order valence-corrected chi connectivity index (χ0v) is 6.73. The second kappa shape index (κ2) is 10.8. The molecule has 0 spiro atoms. The van der Waals surface area contributed by atoms with Crippen LogP contribution in [0.25, 0.3) is 0 Å². The second-order valence-corrected chi connectivity index (χ2v) is 2.07. The molecule has 0 saturated heterocycles. The Bertz CT molecular complexity index is 88.4. The van der Waals surface area contributed by atoms with E-state index in [4.69, 9.17) is 13.0 Å². The highest BCUT2D eigenvalue weighted by molar-refractivity contribution is 7.66. The molecule has 0 atom stereocenters. The number of rotatable bonds is 2. The van der Waals surface area contributed by atoms with Crippen LogP contribution in [-0.2, 0) is 11.0 Å². The molecule has 0 aromatic rings. The summed E-state index contributed by atoms with van der Waals surface area (Å²) >= 11 is 0. The summed E-state index contributed by atoms with van der Waals surface area (Å²) < 4.78 is 24.2.